The largest absolute Gasteiger partial charge is 0.477 e. The molecule has 1 fully saturated rings. The molecule has 1 atom stereocenters. The van der Waals surface area contributed by atoms with E-state index in [1.54, 1.807) is 0 Å². The molecule has 2 rings (SSSR count). The summed E-state index contributed by atoms with van der Waals surface area (Å²) in [6.45, 7) is 4.41. The van der Waals surface area contributed by atoms with Crippen LogP contribution < -0.4 is 4.74 Å². The number of pyridine rings is 1. The second-order valence-corrected chi connectivity index (χ2v) is 4.60. The zero-order valence-electron chi connectivity index (χ0n) is 10.1. The van der Waals surface area contributed by atoms with Crippen molar-refractivity contribution in [2.75, 3.05) is 19.8 Å². The molecule has 1 aromatic rings. The van der Waals surface area contributed by atoms with Crippen LogP contribution in [0.25, 0.3) is 0 Å². The van der Waals surface area contributed by atoms with Crippen molar-refractivity contribution in [1.29, 1.82) is 0 Å². The maximum Gasteiger partial charge on any atom is 0.213 e. The number of alkyl halides is 1. The van der Waals surface area contributed by atoms with Crippen LogP contribution in [0.5, 0.6) is 5.88 Å². The molecule has 0 N–H and O–H groups in total. The molecule has 1 saturated heterocycles. The molecule has 0 spiro atoms. The molecule has 0 radical (unpaired) electrons. The predicted octanol–water partition coefficient (Wildman–Crippen LogP) is 2.80. The normalized spacial score (nSPS) is 19.5. The van der Waals surface area contributed by atoms with Crippen molar-refractivity contribution in [1.82, 2.24) is 4.98 Å². The number of nitrogens with zero attached hydrogens (tertiary/aromatic N) is 1. The minimum atomic E-state index is 0.498. The Balaban J connectivity index is 1.98. The number of halogens is 1. The summed E-state index contributed by atoms with van der Waals surface area (Å²) in [6.07, 6.45) is 1.98. The number of ether oxygens (including phenoxy) is 2. The van der Waals surface area contributed by atoms with Gasteiger partial charge in [0, 0.05) is 30.2 Å². The highest BCUT2D eigenvalue weighted by molar-refractivity contribution is 6.17. The van der Waals surface area contributed by atoms with Gasteiger partial charge in [-0.3, -0.25) is 0 Å². The third-order valence-corrected chi connectivity index (χ3v) is 3.23. The topological polar surface area (TPSA) is 31.4 Å². The summed E-state index contributed by atoms with van der Waals surface area (Å²) in [5, 5.41) is 0. The van der Waals surface area contributed by atoms with E-state index >= 15 is 0 Å². The highest BCUT2D eigenvalue weighted by Crippen LogP contribution is 2.18. The molecular formula is C13H18ClNO2. The molecule has 94 valence electrons. The summed E-state index contributed by atoms with van der Waals surface area (Å²) in [7, 11) is 0. The molecule has 1 aliphatic rings. The highest BCUT2D eigenvalue weighted by Gasteiger charge is 2.16. The van der Waals surface area contributed by atoms with Crippen LogP contribution in [0, 0.1) is 5.92 Å². The Morgan fingerprint density at radius 1 is 1.53 bits per heavy atom. The SMILES string of the molecule is CCc1cc(CCl)cc(OCC2CCOC2)n1. The van der Waals surface area contributed by atoms with Gasteiger partial charge in [-0.25, -0.2) is 4.98 Å². The van der Waals surface area contributed by atoms with E-state index in [-0.39, 0.29) is 0 Å². The van der Waals surface area contributed by atoms with Gasteiger partial charge in [-0.2, -0.15) is 0 Å². The Bertz CT molecular complexity index is 342. The monoisotopic (exact) mass is 255 g/mol. The van der Waals surface area contributed by atoms with Gasteiger partial charge in [0.15, 0.2) is 0 Å². The minimum Gasteiger partial charge on any atom is -0.477 e. The summed E-state index contributed by atoms with van der Waals surface area (Å²) in [6, 6.07) is 3.94. The second kappa shape index (κ2) is 6.22. The average molecular weight is 256 g/mol. The van der Waals surface area contributed by atoms with Crippen molar-refractivity contribution in [3.63, 3.8) is 0 Å². The molecule has 1 aliphatic heterocycles. The van der Waals surface area contributed by atoms with E-state index in [0.29, 0.717) is 24.3 Å². The van der Waals surface area contributed by atoms with E-state index in [2.05, 4.69) is 11.9 Å². The van der Waals surface area contributed by atoms with Gasteiger partial charge in [-0.15, -0.1) is 11.6 Å². The van der Waals surface area contributed by atoms with Crippen molar-refractivity contribution in [3.8, 4) is 5.88 Å². The molecule has 2 heterocycles. The van der Waals surface area contributed by atoms with Gasteiger partial charge in [0.1, 0.15) is 0 Å². The maximum atomic E-state index is 5.85. The average Bonchev–Trinajstić information content (AvgIpc) is 2.89. The number of aromatic nitrogens is 1. The lowest BCUT2D eigenvalue weighted by Gasteiger charge is -2.11. The fourth-order valence-corrected chi connectivity index (χ4v) is 2.02. The van der Waals surface area contributed by atoms with Crippen molar-refractivity contribution in [3.05, 3.63) is 23.4 Å². The molecule has 3 nitrogen and oxygen atoms in total. The Labute approximate surface area is 107 Å². The molecule has 0 aliphatic carbocycles. The summed E-state index contributed by atoms with van der Waals surface area (Å²) in [4.78, 5) is 4.44. The fraction of sp³-hybridized carbons (Fsp3) is 0.615. The van der Waals surface area contributed by atoms with E-state index < -0.39 is 0 Å². The maximum absolute atomic E-state index is 5.85. The van der Waals surface area contributed by atoms with Crippen molar-refractivity contribution < 1.29 is 9.47 Å². The standard InChI is InChI=1S/C13H18ClNO2/c1-2-12-5-11(7-14)6-13(15-12)17-9-10-3-4-16-8-10/h5-6,10H,2-4,7-9H2,1H3. The lowest BCUT2D eigenvalue weighted by Crippen LogP contribution is -2.12. The van der Waals surface area contributed by atoms with Gasteiger partial charge < -0.3 is 9.47 Å². The van der Waals surface area contributed by atoms with E-state index in [1.165, 1.54) is 0 Å². The zero-order valence-corrected chi connectivity index (χ0v) is 10.9. The van der Waals surface area contributed by atoms with Gasteiger partial charge >= 0.3 is 0 Å². The molecule has 0 amide bonds. The van der Waals surface area contributed by atoms with Gasteiger partial charge in [0.2, 0.25) is 5.88 Å². The molecule has 0 bridgehead atoms. The molecule has 1 unspecified atom stereocenters. The lowest BCUT2D eigenvalue weighted by atomic mass is 10.1. The number of aryl methyl sites for hydroxylation is 1. The Morgan fingerprint density at radius 3 is 3.06 bits per heavy atom. The highest BCUT2D eigenvalue weighted by atomic mass is 35.5. The van der Waals surface area contributed by atoms with E-state index in [9.17, 15) is 0 Å². The van der Waals surface area contributed by atoms with Crippen LogP contribution in [0.1, 0.15) is 24.6 Å². The van der Waals surface area contributed by atoms with Crippen LogP contribution in [0.15, 0.2) is 12.1 Å². The van der Waals surface area contributed by atoms with Crippen LogP contribution in [-0.2, 0) is 17.0 Å². The third-order valence-electron chi connectivity index (χ3n) is 2.92. The zero-order chi connectivity index (χ0) is 12.1. The quantitative estimate of drug-likeness (QED) is 0.759. The molecule has 1 aromatic heterocycles. The summed E-state index contributed by atoms with van der Waals surface area (Å²) in [5.41, 5.74) is 2.09. The van der Waals surface area contributed by atoms with E-state index in [0.717, 1.165) is 37.3 Å². The van der Waals surface area contributed by atoms with Gasteiger partial charge in [0.05, 0.1) is 13.2 Å². The van der Waals surface area contributed by atoms with Crippen LogP contribution >= 0.6 is 11.6 Å². The molecule has 0 aromatic carbocycles. The van der Waals surface area contributed by atoms with Crippen LogP contribution in [0.2, 0.25) is 0 Å². The van der Waals surface area contributed by atoms with E-state index in [4.69, 9.17) is 21.1 Å². The first kappa shape index (κ1) is 12.7. The first-order chi connectivity index (χ1) is 8.31. The Morgan fingerprint density at radius 2 is 2.41 bits per heavy atom. The van der Waals surface area contributed by atoms with Gasteiger partial charge in [-0.05, 0) is 24.5 Å². The van der Waals surface area contributed by atoms with Crippen molar-refractivity contribution >= 4 is 11.6 Å². The number of hydrogen-bond donors (Lipinski definition) is 0. The third kappa shape index (κ3) is 3.58. The predicted molar refractivity (Wildman–Crippen MR) is 67.6 cm³/mol. The minimum absolute atomic E-state index is 0.498. The van der Waals surface area contributed by atoms with Crippen molar-refractivity contribution in [2.24, 2.45) is 5.92 Å². The van der Waals surface area contributed by atoms with Crippen LogP contribution in [0.4, 0.5) is 0 Å². The summed E-state index contributed by atoms with van der Waals surface area (Å²) < 4.78 is 11.0. The smallest absolute Gasteiger partial charge is 0.213 e. The number of rotatable bonds is 5. The Kier molecular flexibility index (Phi) is 4.63. The van der Waals surface area contributed by atoms with Gasteiger partial charge in [-0.1, -0.05) is 6.92 Å². The summed E-state index contributed by atoms with van der Waals surface area (Å²) in [5.74, 6) is 1.69. The van der Waals surface area contributed by atoms with Crippen molar-refractivity contribution in [2.45, 2.75) is 25.6 Å². The second-order valence-electron chi connectivity index (χ2n) is 4.33. The number of hydrogen-bond acceptors (Lipinski definition) is 3. The van der Waals surface area contributed by atoms with Gasteiger partial charge in [0.25, 0.3) is 0 Å². The first-order valence-corrected chi connectivity index (χ1v) is 6.61. The molecule has 17 heavy (non-hydrogen) atoms. The summed E-state index contributed by atoms with van der Waals surface area (Å²) >= 11 is 5.85. The molecule has 4 heteroatoms. The fourth-order valence-electron chi connectivity index (χ4n) is 1.87. The first-order valence-electron chi connectivity index (χ1n) is 6.08. The lowest BCUT2D eigenvalue weighted by molar-refractivity contribution is 0.165. The van der Waals surface area contributed by atoms with E-state index in [1.807, 2.05) is 12.1 Å². The van der Waals surface area contributed by atoms with Crippen LogP contribution in [0.3, 0.4) is 0 Å². The van der Waals surface area contributed by atoms with Crippen LogP contribution in [-0.4, -0.2) is 24.8 Å². The molecular weight excluding hydrogens is 238 g/mol. The molecule has 0 saturated carbocycles. The Hall–Kier alpha value is -0.800.